The van der Waals surface area contributed by atoms with E-state index in [0.717, 1.165) is 25.7 Å². The van der Waals surface area contributed by atoms with E-state index in [-0.39, 0.29) is 16.5 Å². The van der Waals surface area contributed by atoms with Gasteiger partial charge in [-0.2, -0.15) is 4.98 Å². The summed E-state index contributed by atoms with van der Waals surface area (Å²) in [5.74, 6) is 0.296. The molecule has 0 unspecified atom stereocenters. The van der Waals surface area contributed by atoms with Gasteiger partial charge in [-0.3, -0.25) is 9.36 Å². The number of sulfonamides is 1. The van der Waals surface area contributed by atoms with E-state index in [1.54, 1.807) is 22.9 Å². The normalized spacial score (nSPS) is 15.3. The summed E-state index contributed by atoms with van der Waals surface area (Å²) in [6.07, 6.45) is 6.94. The molecular weight excluding hydrogens is 368 g/mol. The van der Waals surface area contributed by atoms with Crippen LogP contribution in [0.25, 0.3) is 11.2 Å². The third-order valence-electron chi connectivity index (χ3n) is 4.66. The van der Waals surface area contributed by atoms with E-state index in [1.165, 1.54) is 18.3 Å². The lowest BCUT2D eigenvalue weighted by molar-refractivity contribution is 0.514. The molecule has 9 nitrogen and oxygen atoms in total. The minimum Gasteiger partial charge on any atom is -0.324 e. The molecule has 140 valence electrons. The van der Waals surface area contributed by atoms with Crippen molar-refractivity contribution in [3.05, 3.63) is 47.0 Å². The molecule has 1 saturated carbocycles. The molecule has 1 fully saturated rings. The Balaban J connectivity index is 1.70. The number of nitrogens with one attached hydrogen (secondary N) is 1. The van der Waals surface area contributed by atoms with Crippen molar-refractivity contribution in [1.29, 1.82) is 0 Å². The van der Waals surface area contributed by atoms with Crippen LogP contribution in [0.1, 0.15) is 31.7 Å². The van der Waals surface area contributed by atoms with Crippen molar-refractivity contribution in [2.45, 2.75) is 36.6 Å². The highest BCUT2D eigenvalue weighted by Gasteiger charge is 2.21. The molecule has 0 saturated heterocycles. The fourth-order valence-corrected chi connectivity index (χ4v) is 3.87. The zero-order valence-corrected chi connectivity index (χ0v) is 15.2. The first-order valence-corrected chi connectivity index (χ1v) is 10.1. The van der Waals surface area contributed by atoms with Gasteiger partial charge in [0.05, 0.1) is 17.3 Å². The fourth-order valence-electron chi connectivity index (χ4n) is 3.36. The second-order valence-electron chi connectivity index (χ2n) is 6.50. The van der Waals surface area contributed by atoms with Crippen LogP contribution in [-0.2, 0) is 10.0 Å². The topological polar surface area (TPSA) is 133 Å². The predicted molar refractivity (Wildman–Crippen MR) is 100 cm³/mol. The summed E-state index contributed by atoms with van der Waals surface area (Å²) in [6.45, 7) is 0. The smallest absolute Gasteiger partial charge is 0.270 e. The van der Waals surface area contributed by atoms with Gasteiger partial charge in [0.2, 0.25) is 16.0 Å². The number of primary sulfonamides is 1. The summed E-state index contributed by atoms with van der Waals surface area (Å²) >= 11 is 0. The van der Waals surface area contributed by atoms with E-state index < -0.39 is 10.0 Å². The van der Waals surface area contributed by atoms with Crippen molar-refractivity contribution in [3.63, 3.8) is 0 Å². The van der Waals surface area contributed by atoms with Gasteiger partial charge in [-0.05, 0) is 37.1 Å². The Labute approximate surface area is 155 Å². The molecule has 1 aliphatic carbocycles. The van der Waals surface area contributed by atoms with Gasteiger partial charge in [0, 0.05) is 11.7 Å². The van der Waals surface area contributed by atoms with E-state index in [1.807, 2.05) is 0 Å². The van der Waals surface area contributed by atoms with Crippen LogP contribution in [-0.4, -0.2) is 27.9 Å². The predicted octanol–water partition coefficient (Wildman–Crippen LogP) is 1.69. The van der Waals surface area contributed by atoms with Gasteiger partial charge in [-0.25, -0.2) is 23.5 Å². The standard InChI is InChI=1S/C17H18N6O3S/c18-27(25,26)13-7-5-11(6-8-13)21-17-20-9-14-16(22-17)23(15(24)10-19-14)12-3-1-2-4-12/h5-10,12H,1-4H2,(H2,18,25,26)(H,20,21,22). The largest absolute Gasteiger partial charge is 0.324 e. The van der Waals surface area contributed by atoms with Crippen LogP contribution >= 0.6 is 0 Å². The van der Waals surface area contributed by atoms with Crippen LogP contribution in [0.3, 0.4) is 0 Å². The second kappa shape index (κ2) is 6.71. The summed E-state index contributed by atoms with van der Waals surface area (Å²) in [4.78, 5) is 25.2. The maximum atomic E-state index is 12.4. The molecule has 1 aliphatic rings. The summed E-state index contributed by atoms with van der Waals surface area (Å²) in [6, 6.07) is 6.06. The van der Waals surface area contributed by atoms with Crippen LogP contribution in [0.15, 0.2) is 46.3 Å². The average molecular weight is 386 g/mol. The molecule has 1 aromatic carbocycles. The van der Waals surface area contributed by atoms with Crippen molar-refractivity contribution >= 4 is 32.8 Å². The molecule has 0 atom stereocenters. The lowest BCUT2D eigenvalue weighted by Crippen LogP contribution is -2.24. The van der Waals surface area contributed by atoms with Gasteiger partial charge in [-0.15, -0.1) is 0 Å². The van der Waals surface area contributed by atoms with E-state index >= 15 is 0 Å². The zero-order valence-electron chi connectivity index (χ0n) is 14.4. The first-order chi connectivity index (χ1) is 12.9. The van der Waals surface area contributed by atoms with Crippen LogP contribution in [0.2, 0.25) is 0 Å². The number of hydrogen-bond acceptors (Lipinski definition) is 7. The monoisotopic (exact) mass is 386 g/mol. The third-order valence-corrected chi connectivity index (χ3v) is 5.59. The highest BCUT2D eigenvalue weighted by molar-refractivity contribution is 7.89. The molecule has 2 aromatic heterocycles. The summed E-state index contributed by atoms with van der Waals surface area (Å²) in [5, 5.41) is 8.11. The molecule has 0 radical (unpaired) electrons. The molecule has 0 bridgehead atoms. The number of hydrogen-bond donors (Lipinski definition) is 2. The molecule has 0 aliphatic heterocycles. The number of rotatable bonds is 4. The Morgan fingerprint density at radius 3 is 2.44 bits per heavy atom. The average Bonchev–Trinajstić information content (AvgIpc) is 3.15. The minimum atomic E-state index is -3.75. The maximum Gasteiger partial charge on any atom is 0.270 e. The zero-order chi connectivity index (χ0) is 19.0. The van der Waals surface area contributed by atoms with Gasteiger partial charge in [0.25, 0.3) is 5.56 Å². The van der Waals surface area contributed by atoms with Crippen molar-refractivity contribution in [1.82, 2.24) is 19.5 Å². The molecule has 0 spiro atoms. The SMILES string of the molecule is NS(=O)(=O)c1ccc(Nc2ncc3ncc(=O)n(C4CCCC4)c3n2)cc1. The van der Waals surface area contributed by atoms with Crippen LogP contribution in [0, 0.1) is 0 Å². The molecule has 0 amide bonds. The molecule has 27 heavy (non-hydrogen) atoms. The summed E-state index contributed by atoms with van der Waals surface area (Å²) < 4.78 is 24.4. The van der Waals surface area contributed by atoms with Gasteiger partial charge in [0.15, 0.2) is 5.65 Å². The Bertz CT molecular complexity index is 1150. The lowest BCUT2D eigenvalue weighted by atomic mass is 10.2. The van der Waals surface area contributed by atoms with Crippen molar-refractivity contribution in [2.24, 2.45) is 5.14 Å². The molecule has 4 rings (SSSR count). The molecule has 2 heterocycles. The summed E-state index contributed by atoms with van der Waals surface area (Å²) in [5.41, 5.74) is 1.47. The van der Waals surface area contributed by atoms with E-state index in [9.17, 15) is 13.2 Å². The van der Waals surface area contributed by atoms with Gasteiger partial charge in [-0.1, -0.05) is 12.8 Å². The number of nitrogens with two attached hydrogens (primary N) is 1. The first-order valence-electron chi connectivity index (χ1n) is 8.56. The Kier molecular flexibility index (Phi) is 4.36. The van der Waals surface area contributed by atoms with Gasteiger partial charge < -0.3 is 5.32 Å². The highest BCUT2D eigenvalue weighted by Crippen LogP contribution is 2.30. The van der Waals surface area contributed by atoms with Crippen molar-refractivity contribution < 1.29 is 8.42 Å². The number of fused-ring (bicyclic) bond motifs is 1. The minimum absolute atomic E-state index is 0.0201. The first kappa shape index (κ1) is 17.6. The summed E-state index contributed by atoms with van der Waals surface area (Å²) in [7, 11) is -3.75. The quantitative estimate of drug-likeness (QED) is 0.697. The Morgan fingerprint density at radius 1 is 1.07 bits per heavy atom. The van der Waals surface area contributed by atoms with E-state index in [2.05, 4.69) is 20.3 Å². The van der Waals surface area contributed by atoms with Crippen LogP contribution < -0.4 is 16.0 Å². The number of aromatic nitrogens is 4. The van der Waals surface area contributed by atoms with Crippen molar-refractivity contribution in [3.8, 4) is 0 Å². The fraction of sp³-hybridized carbons (Fsp3) is 0.294. The molecule has 3 N–H and O–H groups in total. The van der Waals surface area contributed by atoms with Gasteiger partial charge in [0.1, 0.15) is 5.52 Å². The molecular formula is C17H18N6O3S. The third kappa shape index (κ3) is 3.53. The van der Waals surface area contributed by atoms with E-state index in [4.69, 9.17) is 5.14 Å². The number of anilines is 2. The van der Waals surface area contributed by atoms with Crippen LogP contribution in [0.5, 0.6) is 0 Å². The lowest BCUT2D eigenvalue weighted by Gasteiger charge is -2.15. The number of nitrogens with zero attached hydrogens (tertiary/aromatic N) is 4. The van der Waals surface area contributed by atoms with Gasteiger partial charge >= 0.3 is 0 Å². The Hall–Kier alpha value is -2.85. The van der Waals surface area contributed by atoms with Crippen molar-refractivity contribution in [2.75, 3.05) is 5.32 Å². The number of benzene rings is 1. The Morgan fingerprint density at radius 2 is 1.78 bits per heavy atom. The molecule has 10 heteroatoms. The molecule has 3 aromatic rings. The highest BCUT2D eigenvalue weighted by atomic mass is 32.2. The maximum absolute atomic E-state index is 12.4. The van der Waals surface area contributed by atoms with Crippen LogP contribution in [0.4, 0.5) is 11.6 Å². The van der Waals surface area contributed by atoms with E-state index in [0.29, 0.717) is 22.8 Å². The second-order valence-corrected chi connectivity index (χ2v) is 8.06.